The fraction of sp³-hybridized carbons (Fsp3) is 0.632. The maximum atomic E-state index is 11.8. The van der Waals surface area contributed by atoms with Crippen LogP contribution in [0.15, 0.2) is 30.3 Å². The van der Waals surface area contributed by atoms with Crippen molar-refractivity contribution in [2.24, 2.45) is 0 Å². The first kappa shape index (κ1) is 18.2. The van der Waals surface area contributed by atoms with E-state index in [4.69, 9.17) is 9.47 Å². The Balaban J connectivity index is 1.19. The molecule has 2 N–H and O–H groups in total. The molecule has 0 spiro atoms. The summed E-state index contributed by atoms with van der Waals surface area (Å²) in [6.45, 7) is 6.33. The van der Waals surface area contributed by atoms with Gasteiger partial charge in [-0.25, -0.2) is 4.79 Å². The van der Waals surface area contributed by atoms with Crippen LogP contribution in [0.4, 0.5) is 4.79 Å². The summed E-state index contributed by atoms with van der Waals surface area (Å²) >= 11 is 0. The highest BCUT2D eigenvalue weighted by Crippen LogP contribution is 2.20. The lowest BCUT2D eigenvalue weighted by Crippen LogP contribution is -2.52. The Bertz CT molecular complexity index is 514. The van der Waals surface area contributed by atoms with Gasteiger partial charge in [0.1, 0.15) is 6.61 Å². The van der Waals surface area contributed by atoms with Crippen molar-refractivity contribution in [3.05, 3.63) is 35.9 Å². The van der Waals surface area contributed by atoms with Gasteiger partial charge in [0.15, 0.2) is 0 Å². The average Bonchev–Trinajstić information content (AvgIpc) is 2.62. The summed E-state index contributed by atoms with van der Waals surface area (Å²) in [6.07, 6.45) is 2.81. The van der Waals surface area contributed by atoms with Crippen LogP contribution in [-0.4, -0.2) is 62.5 Å². The molecule has 1 saturated heterocycles. The van der Waals surface area contributed by atoms with Gasteiger partial charge in [0, 0.05) is 25.2 Å². The van der Waals surface area contributed by atoms with Gasteiger partial charge < -0.3 is 20.1 Å². The Hall–Kier alpha value is -1.63. The largest absolute Gasteiger partial charge is 0.445 e. The van der Waals surface area contributed by atoms with E-state index >= 15 is 0 Å². The van der Waals surface area contributed by atoms with Crippen molar-refractivity contribution >= 4 is 6.09 Å². The van der Waals surface area contributed by atoms with Crippen LogP contribution in [0.3, 0.4) is 0 Å². The number of carbonyl (C=O) groups is 1. The van der Waals surface area contributed by atoms with E-state index in [9.17, 15) is 4.79 Å². The third-order valence-electron chi connectivity index (χ3n) is 4.86. The van der Waals surface area contributed by atoms with Crippen LogP contribution in [0, 0.1) is 0 Å². The molecule has 0 atom stereocenters. The highest BCUT2D eigenvalue weighted by molar-refractivity contribution is 5.67. The van der Waals surface area contributed by atoms with Crippen LogP contribution in [0.5, 0.6) is 0 Å². The molecular weight excluding hydrogens is 318 g/mol. The van der Waals surface area contributed by atoms with Crippen molar-refractivity contribution in [3.8, 4) is 0 Å². The first-order valence-corrected chi connectivity index (χ1v) is 9.30. The Kier molecular flexibility index (Phi) is 7.09. The van der Waals surface area contributed by atoms with Gasteiger partial charge in [0.05, 0.1) is 13.2 Å². The third kappa shape index (κ3) is 6.30. The second kappa shape index (κ2) is 9.75. The molecule has 1 saturated carbocycles. The van der Waals surface area contributed by atoms with E-state index in [0.717, 1.165) is 64.2 Å². The number of morpholine rings is 1. The zero-order chi connectivity index (χ0) is 17.3. The number of nitrogens with zero attached hydrogens (tertiary/aromatic N) is 1. The van der Waals surface area contributed by atoms with Crippen molar-refractivity contribution in [1.82, 2.24) is 15.5 Å². The minimum Gasteiger partial charge on any atom is -0.445 e. The molecule has 1 heterocycles. The smallest absolute Gasteiger partial charge is 0.407 e. The summed E-state index contributed by atoms with van der Waals surface area (Å²) in [5.41, 5.74) is 1.01. The standard InChI is InChI=1S/C19H29N3O3/c23-19(25-15-16-5-2-1-3-6-16)21-18-13-17(14-18)20-7-4-8-22-9-11-24-12-10-22/h1-3,5-6,17-18,20H,4,7-15H2,(H,21,23). The number of nitrogens with one attached hydrogen (secondary N) is 2. The molecule has 1 amide bonds. The Morgan fingerprint density at radius 2 is 1.92 bits per heavy atom. The molecule has 138 valence electrons. The molecule has 0 bridgehead atoms. The van der Waals surface area contributed by atoms with Crippen LogP contribution >= 0.6 is 0 Å². The minimum absolute atomic E-state index is 0.236. The van der Waals surface area contributed by atoms with Gasteiger partial charge in [-0.15, -0.1) is 0 Å². The van der Waals surface area contributed by atoms with E-state index in [1.807, 2.05) is 30.3 Å². The normalized spacial score (nSPS) is 23.7. The monoisotopic (exact) mass is 347 g/mol. The van der Waals surface area contributed by atoms with Gasteiger partial charge in [0.25, 0.3) is 0 Å². The van der Waals surface area contributed by atoms with Crippen molar-refractivity contribution < 1.29 is 14.3 Å². The lowest BCUT2D eigenvalue weighted by atomic mass is 9.87. The van der Waals surface area contributed by atoms with Crippen LogP contribution in [0.2, 0.25) is 0 Å². The van der Waals surface area contributed by atoms with Gasteiger partial charge in [-0.1, -0.05) is 30.3 Å². The number of ether oxygens (including phenoxy) is 2. The molecule has 3 rings (SSSR count). The van der Waals surface area contributed by atoms with E-state index in [1.54, 1.807) is 0 Å². The number of carbonyl (C=O) groups excluding carboxylic acids is 1. The molecule has 0 radical (unpaired) electrons. The predicted molar refractivity (Wildman–Crippen MR) is 96.5 cm³/mol. The second-order valence-electron chi connectivity index (χ2n) is 6.83. The van der Waals surface area contributed by atoms with Crippen molar-refractivity contribution in [2.75, 3.05) is 39.4 Å². The first-order chi connectivity index (χ1) is 12.3. The summed E-state index contributed by atoms with van der Waals surface area (Å²) in [5, 5.41) is 6.51. The highest BCUT2D eigenvalue weighted by Gasteiger charge is 2.30. The van der Waals surface area contributed by atoms with Gasteiger partial charge in [-0.05, 0) is 37.9 Å². The molecule has 1 aromatic rings. The first-order valence-electron chi connectivity index (χ1n) is 9.30. The fourth-order valence-electron chi connectivity index (χ4n) is 3.27. The number of hydrogen-bond acceptors (Lipinski definition) is 5. The number of rotatable bonds is 8. The number of benzene rings is 1. The van der Waals surface area contributed by atoms with E-state index < -0.39 is 0 Å². The lowest BCUT2D eigenvalue weighted by molar-refractivity contribution is 0.0372. The van der Waals surface area contributed by atoms with Gasteiger partial charge in [-0.2, -0.15) is 0 Å². The zero-order valence-corrected chi connectivity index (χ0v) is 14.8. The predicted octanol–water partition coefficient (Wildman–Crippen LogP) is 1.76. The minimum atomic E-state index is -0.320. The molecule has 0 unspecified atom stereocenters. The van der Waals surface area contributed by atoms with Crippen LogP contribution in [0.1, 0.15) is 24.8 Å². The maximum Gasteiger partial charge on any atom is 0.407 e. The molecule has 1 aliphatic heterocycles. The quantitative estimate of drug-likeness (QED) is 0.702. The number of amides is 1. The summed E-state index contributed by atoms with van der Waals surface area (Å²) in [7, 11) is 0. The Labute approximate surface area is 149 Å². The van der Waals surface area contributed by atoms with Crippen LogP contribution in [-0.2, 0) is 16.1 Å². The van der Waals surface area contributed by atoms with Gasteiger partial charge >= 0.3 is 6.09 Å². The molecule has 6 heteroatoms. The summed E-state index contributed by atoms with van der Waals surface area (Å²) in [4.78, 5) is 14.2. The Morgan fingerprint density at radius 1 is 1.16 bits per heavy atom. The van der Waals surface area contributed by atoms with Gasteiger partial charge in [-0.3, -0.25) is 4.90 Å². The summed E-state index contributed by atoms with van der Waals surface area (Å²) < 4.78 is 10.6. The molecular formula is C19H29N3O3. The third-order valence-corrected chi connectivity index (χ3v) is 4.86. The zero-order valence-electron chi connectivity index (χ0n) is 14.8. The SMILES string of the molecule is O=C(NC1CC(NCCCN2CCOCC2)C1)OCc1ccccc1. The van der Waals surface area contributed by atoms with E-state index in [0.29, 0.717) is 12.6 Å². The van der Waals surface area contributed by atoms with E-state index in [-0.39, 0.29) is 12.1 Å². The molecule has 6 nitrogen and oxygen atoms in total. The molecule has 2 aliphatic rings. The lowest BCUT2D eigenvalue weighted by Gasteiger charge is -2.36. The maximum absolute atomic E-state index is 11.8. The summed E-state index contributed by atoms with van der Waals surface area (Å²) in [5.74, 6) is 0. The highest BCUT2D eigenvalue weighted by atomic mass is 16.5. The van der Waals surface area contributed by atoms with E-state index in [2.05, 4.69) is 15.5 Å². The second-order valence-corrected chi connectivity index (χ2v) is 6.83. The molecule has 1 aliphatic carbocycles. The molecule has 2 fully saturated rings. The topological polar surface area (TPSA) is 62.8 Å². The van der Waals surface area contributed by atoms with Crippen molar-refractivity contribution in [2.45, 2.75) is 38.0 Å². The Morgan fingerprint density at radius 3 is 2.68 bits per heavy atom. The molecule has 1 aromatic carbocycles. The molecule has 25 heavy (non-hydrogen) atoms. The van der Waals surface area contributed by atoms with Gasteiger partial charge in [0.2, 0.25) is 0 Å². The number of hydrogen-bond donors (Lipinski definition) is 2. The molecule has 0 aromatic heterocycles. The summed E-state index contributed by atoms with van der Waals surface area (Å²) in [6, 6.07) is 10.5. The van der Waals surface area contributed by atoms with Crippen molar-refractivity contribution in [1.29, 1.82) is 0 Å². The fourth-order valence-corrected chi connectivity index (χ4v) is 3.27. The number of alkyl carbamates (subject to hydrolysis) is 1. The van der Waals surface area contributed by atoms with Crippen LogP contribution < -0.4 is 10.6 Å². The average molecular weight is 347 g/mol. The van der Waals surface area contributed by atoms with Crippen molar-refractivity contribution in [3.63, 3.8) is 0 Å². The van der Waals surface area contributed by atoms with Crippen LogP contribution in [0.25, 0.3) is 0 Å². The van der Waals surface area contributed by atoms with E-state index in [1.165, 1.54) is 0 Å².